The highest BCUT2D eigenvalue weighted by atomic mass is 32.2. The zero-order chi connectivity index (χ0) is 19.2. The molecule has 1 atom stereocenters. The van der Waals surface area contributed by atoms with Crippen LogP contribution in [0.1, 0.15) is 26.6 Å². The number of ether oxygens (including phenoxy) is 1. The van der Waals surface area contributed by atoms with Gasteiger partial charge in [0.15, 0.2) is 0 Å². The number of benzene rings is 1. The van der Waals surface area contributed by atoms with E-state index >= 15 is 0 Å². The number of amides is 1. The third kappa shape index (κ3) is 4.97. The number of carbonyl (C=O) groups excluding carboxylic acids is 1. The third-order valence-corrected chi connectivity index (χ3v) is 5.88. The van der Waals surface area contributed by atoms with Crippen LogP contribution in [0.3, 0.4) is 0 Å². The van der Waals surface area contributed by atoms with Crippen LogP contribution in [-0.2, 0) is 16.1 Å². The van der Waals surface area contributed by atoms with E-state index in [1.165, 1.54) is 11.8 Å². The molecule has 1 saturated heterocycles. The molecule has 146 valence electrons. The summed E-state index contributed by atoms with van der Waals surface area (Å²) in [4.78, 5) is 26.4. The average Bonchev–Trinajstić information content (AvgIpc) is 2.69. The molecule has 0 spiro atoms. The average molecular weight is 389 g/mol. The molecule has 3 rings (SSSR count). The predicted octanol–water partition coefficient (Wildman–Crippen LogP) is 2.81. The highest BCUT2D eigenvalue weighted by Crippen LogP contribution is 2.29. The van der Waals surface area contributed by atoms with Crippen LogP contribution in [0, 0.1) is 0 Å². The molecular weight excluding hydrogens is 360 g/mol. The van der Waals surface area contributed by atoms with Crippen LogP contribution in [0.5, 0.6) is 0 Å². The number of carbonyl (C=O) groups is 1. The van der Waals surface area contributed by atoms with E-state index in [0.29, 0.717) is 6.54 Å². The van der Waals surface area contributed by atoms with Gasteiger partial charge in [0.05, 0.1) is 30.5 Å². The zero-order valence-corrected chi connectivity index (χ0v) is 17.2. The van der Waals surface area contributed by atoms with Crippen LogP contribution < -0.4 is 0 Å². The summed E-state index contributed by atoms with van der Waals surface area (Å²) in [6, 6.07) is 8.03. The maximum atomic E-state index is 12.7. The van der Waals surface area contributed by atoms with E-state index in [4.69, 9.17) is 14.7 Å². The maximum Gasteiger partial charge on any atom is 0.235 e. The Morgan fingerprint density at radius 3 is 2.63 bits per heavy atom. The molecule has 2 heterocycles. The summed E-state index contributed by atoms with van der Waals surface area (Å²) in [5.41, 5.74) is 0.931. The number of para-hydroxylation sites is 1. The Morgan fingerprint density at radius 2 is 1.93 bits per heavy atom. The second kappa shape index (κ2) is 9.48. The molecule has 1 aromatic carbocycles. The minimum absolute atomic E-state index is 0.155. The van der Waals surface area contributed by atoms with E-state index in [1.54, 1.807) is 0 Å². The van der Waals surface area contributed by atoms with Crippen LogP contribution in [-0.4, -0.2) is 70.3 Å². The Morgan fingerprint density at radius 1 is 1.22 bits per heavy atom. The van der Waals surface area contributed by atoms with Gasteiger partial charge in [0, 0.05) is 31.6 Å². The molecule has 1 aliphatic heterocycles. The molecule has 0 N–H and O–H groups in total. The van der Waals surface area contributed by atoms with Gasteiger partial charge in [0.25, 0.3) is 0 Å². The number of hydrogen-bond acceptors (Lipinski definition) is 6. The number of fused-ring (bicyclic) bond motifs is 1. The van der Waals surface area contributed by atoms with Crippen molar-refractivity contribution < 1.29 is 9.53 Å². The molecule has 1 aromatic heterocycles. The van der Waals surface area contributed by atoms with Crippen molar-refractivity contribution in [2.45, 2.75) is 37.6 Å². The van der Waals surface area contributed by atoms with Gasteiger partial charge in [-0.3, -0.25) is 9.69 Å². The topological polar surface area (TPSA) is 58.6 Å². The molecule has 1 unspecified atom stereocenters. The molecule has 0 aliphatic carbocycles. The van der Waals surface area contributed by atoms with Crippen molar-refractivity contribution in [2.24, 2.45) is 0 Å². The van der Waals surface area contributed by atoms with Crippen LogP contribution in [0.15, 0.2) is 29.3 Å². The first-order valence-corrected chi connectivity index (χ1v) is 10.5. The quantitative estimate of drug-likeness (QED) is 0.537. The number of rotatable bonds is 7. The van der Waals surface area contributed by atoms with Gasteiger partial charge in [0.1, 0.15) is 10.9 Å². The molecule has 27 heavy (non-hydrogen) atoms. The van der Waals surface area contributed by atoms with Gasteiger partial charge in [-0.1, -0.05) is 30.0 Å². The normalized spacial score (nSPS) is 16.4. The number of morpholine rings is 1. The van der Waals surface area contributed by atoms with Gasteiger partial charge < -0.3 is 9.64 Å². The van der Waals surface area contributed by atoms with Crippen molar-refractivity contribution >= 4 is 28.6 Å². The fourth-order valence-electron chi connectivity index (χ4n) is 3.22. The number of hydrogen-bond donors (Lipinski definition) is 0. The van der Waals surface area contributed by atoms with Gasteiger partial charge >= 0.3 is 0 Å². The number of nitrogens with zero attached hydrogens (tertiary/aromatic N) is 4. The summed E-state index contributed by atoms with van der Waals surface area (Å²) in [5, 5.41) is 1.71. The summed E-state index contributed by atoms with van der Waals surface area (Å²) in [6.07, 6.45) is 0. The van der Waals surface area contributed by atoms with Crippen LogP contribution >= 0.6 is 11.8 Å². The van der Waals surface area contributed by atoms with Crippen molar-refractivity contribution in [3.05, 3.63) is 30.1 Å². The standard InChI is InChI=1S/C20H28N4O2S/c1-4-24(5-2)20(25)15(3)27-19-16-8-6-7-9-17(16)21-18(22-19)14-23-10-12-26-13-11-23/h6-9,15H,4-5,10-14H2,1-3H3. The van der Waals surface area contributed by atoms with Crippen LogP contribution in [0.2, 0.25) is 0 Å². The van der Waals surface area contributed by atoms with Crippen molar-refractivity contribution in [3.8, 4) is 0 Å². The third-order valence-electron chi connectivity index (χ3n) is 4.79. The summed E-state index contributed by atoms with van der Waals surface area (Å²) < 4.78 is 5.43. The predicted molar refractivity (Wildman–Crippen MR) is 109 cm³/mol. The van der Waals surface area contributed by atoms with Gasteiger partial charge in [-0.05, 0) is 26.8 Å². The van der Waals surface area contributed by atoms with E-state index in [9.17, 15) is 4.79 Å². The van der Waals surface area contributed by atoms with Crippen LogP contribution in [0.4, 0.5) is 0 Å². The van der Waals surface area contributed by atoms with Gasteiger partial charge in [0.2, 0.25) is 5.91 Å². The number of thioether (sulfide) groups is 1. The minimum atomic E-state index is -0.181. The van der Waals surface area contributed by atoms with Crippen molar-refractivity contribution in [1.82, 2.24) is 19.8 Å². The molecule has 1 fully saturated rings. The van der Waals surface area contributed by atoms with Gasteiger partial charge in [-0.2, -0.15) is 0 Å². The lowest BCUT2D eigenvalue weighted by Crippen LogP contribution is -2.36. The Balaban J connectivity index is 1.85. The Hall–Kier alpha value is -1.70. The molecule has 0 bridgehead atoms. The second-order valence-corrected chi connectivity index (χ2v) is 7.95. The Labute approximate surface area is 165 Å². The minimum Gasteiger partial charge on any atom is -0.379 e. The molecular formula is C20H28N4O2S. The van der Waals surface area contributed by atoms with E-state index < -0.39 is 0 Å². The lowest BCUT2D eigenvalue weighted by molar-refractivity contribution is -0.129. The molecule has 7 heteroatoms. The smallest absolute Gasteiger partial charge is 0.235 e. The molecule has 2 aromatic rings. The second-order valence-electron chi connectivity index (χ2n) is 6.62. The Kier molecular flexibility index (Phi) is 7.04. The van der Waals surface area contributed by atoms with Gasteiger partial charge in [-0.25, -0.2) is 9.97 Å². The summed E-state index contributed by atoms with van der Waals surface area (Å²) in [6.45, 7) is 11.5. The summed E-state index contributed by atoms with van der Waals surface area (Å²) >= 11 is 1.53. The van der Waals surface area contributed by atoms with Crippen LogP contribution in [0.25, 0.3) is 10.9 Å². The first-order chi connectivity index (χ1) is 13.1. The van der Waals surface area contributed by atoms with Gasteiger partial charge in [-0.15, -0.1) is 0 Å². The van der Waals surface area contributed by atoms with E-state index in [0.717, 1.165) is 61.1 Å². The van der Waals surface area contributed by atoms with Crippen molar-refractivity contribution in [2.75, 3.05) is 39.4 Å². The van der Waals surface area contributed by atoms with E-state index in [1.807, 2.05) is 49.9 Å². The van der Waals surface area contributed by atoms with Crippen molar-refractivity contribution in [1.29, 1.82) is 0 Å². The van der Waals surface area contributed by atoms with Crippen molar-refractivity contribution in [3.63, 3.8) is 0 Å². The largest absolute Gasteiger partial charge is 0.379 e. The molecule has 1 aliphatic rings. The first-order valence-electron chi connectivity index (χ1n) is 9.63. The lowest BCUT2D eigenvalue weighted by atomic mass is 10.2. The zero-order valence-electron chi connectivity index (χ0n) is 16.4. The Bertz CT molecular complexity index is 776. The SMILES string of the molecule is CCN(CC)C(=O)C(C)Sc1nc(CN2CCOCC2)nc2ccccc12. The fourth-order valence-corrected chi connectivity index (χ4v) is 4.27. The fraction of sp³-hybridized carbons (Fsp3) is 0.550. The van der Waals surface area contributed by atoms with E-state index in [-0.39, 0.29) is 11.2 Å². The maximum absolute atomic E-state index is 12.7. The highest BCUT2D eigenvalue weighted by molar-refractivity contribution is 8.00. The first kappa shape index (κ1) is 20.0. The van der Waals surface area contributed by atoms with E-state index in [2.05, 4.69) is 4.90 Å². The lowest BCUT2D eigenvalue weighted by Gasteiger charge is -2.26. The molecule has 6 nitrogen and oxygen atoms in total. The summed E-state index contributed by atoms with van der Waals surface area (Å²) in [5.74, 6) is 0.961. The molecule has 0 saturated carbocycles. The highest BCUT2D eigenvalue weighted by Gasteiger charge is 2.22. The molecule has 1 amide bonds. The number of aromatic nitrogens is 2. The monoisotopic (exact) mass is 388 g/mol. The summed E-state index contributed by atoms with van der Waals surface area (Å²) in [7, 11) is 0. The molecule has 0 radical (unpaired) electrons.